The van der Waals surface area contributed by atoms with E-state index in [1.807, 2.05) is 0 Å². The van der Waals surface area contributed by atoms with Gasteiger partial charge in [0.2, 0.25) is 0 Å². The normalized spacial score (nSPS) is 25.4. The van der Waals surface area contributed by atoms with Crippen LogP contribution in [0.1, 0.15) is 31.7 Å². The molecular formula is C23H28O8. The maximum absolute atomic E-state index is 12.9. The summed E-state index contributed by atoms with van der Waals surface area (Å²) in [6.45, 7) is 10.1. The number of phenolic OH excluding ortho intramolecular Hbond substituents is 1. The average Bonchev–Trinajstić information content (AvgIpc) is 2.70. The Bertz CT molecular complexity index is 857. The molecule has 0 radical (unpaired) electrons. The first-order chi connectivity index (χ1) is 14.7. The van der Waals surface area contributed by atoms with Crippen molar-refractivity contribution >= 4 is 17.7 Å². The Kier molecular flexibility index (Phi) is 7.99. The van der Waals surface area contributed by atoms with Crippen molar-refractivity contribution in [1.29, 1.82) is 0 Å². The first-order valence-electron chi connectivity index (χ1n) is 9.93. The molecule has 1 saturated carbocycles. The Hall–Kier alpha value is -3.13. The predicted molar refractivity (Wildman–Crippen MR) is 112 cm³/mol. The van der Waals surface area contributed by atoms with Crippen molar-refractivity contribution in [2.45, 2.75) is 31.8 Å². The first-order valence-corrected chi connectivity index (χ1v) is 9.93. The Morgan fingerprint density at radius 1 is 1.19 bits per heavy atom. The molecule has 0 spiro atoms. The molecule has 4 atom stereocenters. The number of Topliss-reactive ketones (excluding diaryl/α,β-unsaturated/α-hetero) is 1. The molecule has 0 heterocycles. The second kappa shape index (κ2) is 10.3. The van der Waals surface area contributed by atoms with Gasteiger partial charge in [-0.15, -0.1) is 0 Å². The number of rotatable bonds is 9. The standard InChI is InChI=1S/C23H28O8/c1-5-10-30-21(26)19-16(25)13-23(4,28)20(22(27)31-11-6-2)18(19)14-8-9-15(24)17(12-14)29-7-3/h5-6,8-9,12,18-20,24,28H,1-2,7,10-11,13H2,3-4H3/t18-,19-,20-,23+/m1/s1. The summed E-state index contributed by atoms with van der Waals surface area (Å²) < 4.78 is 15.7. The van der Waals surface area contributed by atoms with Crippen LogP contribution in [0.4, 0.5) is 0 Å². The van der Waals surface area contributed by atoms with Crippen LogP contribution in [0.25, 0.3) is 0 Å². The summed E-state index contributed by atoms with van der Waals surface area (Å²) >= 11 is 0. The molecule has 1 fully saturated rings. The van der Waals surface area contributed by atoms with Gasteiger partial charge in [0.1, 0.15) is 19.1 Å². The van der Waals surface area contributed by atoms with Crippen LogP contribution in [0, 0.1) is 11.8 Å². The van der Waals surface area contributed by atoms with E-state index in [2.05, 4.69) is 13.2 Å². The minimum absolute atomic E-state index is 0.0998. The second-order valence-electron chi connectivity index (χ2n) is 7.48. The maximum atomic E-state index is 12.9. The van der Waals surface area contributed by atoms with E-state index in [4.69, 9.17) is 14.2 Å². The summed E-state index contributed by atoms with van der Waals surface area (Å²) in [7, 11) is 0. The van der Waals surface area contributed by atoms with Crippen molar-refractivity contribution in [2.24, 2.45) is 11.8 Å². The highest BCUT2D eigenvalue weighted by atomic mass is 16.5. The third-order valence-electron chi connectivity index (χ3n) is 5.13. The number of phenols is 1. The number of carbonyl (C=O) groups is 3. The Balaban J connectivity index is 2.64. The molecule has 1 aromatic carbocycles. The summed E-state index contributed by atoms with van der Waals surface area (Å²) in [5.74, 6) is -5.93. The first kappa shape index (κ1) is 24.1. The minimum Gasteiger partial charge on any atom is -0.504 e. The zero-order valence-electron chi connectivity index (χ0n) is 17.7. The van der Waals surface area contributed by atoms with Gasteiger partial charge in [0.05, 0.1) is 18.1 Å². The van der Waals surface area contributed by atoms with Gasteiger partial charge in [0.15, 0.2) is 17.3 Å². The van der Waals surface area contributed by atoms with Crippen molar-refractivity contribution in [3.05, 3.63) is 49.1 Å². The van der Waals surface area contributed by atoms with E-state index in [9.17, 15) is 24.6 Å². The number of ketones is 1. The van der Waals surface area contributed by atoms with Crippen LogP contribution >= 0.6 is 0 Å². The van der Waals surface area contributed by atoms with Crippen LogP contribution in [-0.4, -0.2) is 53.4 Å². The van der Waals surface area contributed by atoms with Crippen molar-refractivity contribution in [2.75, 3.05) is 19.8 Å². The van der Waals surface area contributed by atoms with Crippen LogP contribution in [0.5, 0.6) is 11.5 Å². The number of esters is 2. The van der Waals surface area contributed by atoms with E-state index >= 15 is 0 Å². The Morgan fingerprint density at radius 3 is 2.39 bits per heavy atom. The van der Waals surface area contributed by atoms with E-state index in [0.717, 1.165) is 0 Å². The van der Waals surface area contributed by atoms with Gasteiger partial charge in [0.25, 0.3) is 0 Å². The van der Waals surface area contributed by atoms with E-state index in [0.29, 0.717) is 5.56 Å². The fraction of sp³-hybridized carbons (Fsp3) is 0.435. The lowest BCUT2D eigenvalue weighted by Gasteiger charge is -2.43. The largest absolute Gasteiger partial charge is 0.504 e. The van der Waals surface area contributed by atoms with Gasteiger partial charge in [-0.25, -0.2) is 0 Å². The number of hydrogen-bond donors (Lipinski definition) is 2. The molecule has 0 bridgehead atoms. The van der Waals surface area contributed by atoms with Crippen LogP contribution in [0.3, 0.4) is 0 Å². The van der Waals surface area contributed by atoms with Crippen LogP contribution < -0.4 is 4.74 Å². The lowest BCUT2D eigenvalue weighted by molar-refractivity contribution is -0.172. The zero-order chi connectivity index (χ0) is 23.2. The molecule has 8 heteroatoms. The van der Waals surface area contributed by atoms with E-state index in [1.54, 1.807) is 6.92 Å². The van der Waals surface area contributed by atoms with Gasteiger partial charge in [-0.05, 0) is 31.5 Å². The van der Waals surface area contributed by atoms with Gasteiger partial charge < -0.3 is 24.4 Å². The van der Waals surface area contributed by atoms with Gasteiger partial charge in [-0.3, -0.25) is 14.4 Å². The van der Waals surface area contributed by atoms with Gasteiger partial charge in [-0.2, -0.15) is 0 Å². The fourth-order valence-electron chi connectivity index (χ4n) is 3.89. The fourth-order valence-corrected chi connectivity index (χ4v) is 3.89. The number of aliphatic hydroxyl groups is 1. The zero-order valence-corrected chi connectivity index (χ0v) is 17.7. The van der Waals surface area contributed by atoms with E-state index in [-0.39, 0.29) is 31.3 Å². The lowest BCUT2D eigenvalue weighted by Crippen LogP contribution is -2.55. The smallest absolute Gasteiger partial charge is 0.317 e. The van der Waals surface area contributed by atoms with Crippen molar-refractivity contribution in [3.8, 4) is 11.5 Å². The van der Waals surface area contributed by atoms with Crippen LogP contribution in [0.15, 0.2) is 43.5 Å². The SMILES string of the molecule is C=CCOC(=O)[C@@H]1C(=O)C[C@](C)(O)[C@@H](C(=O)OCC=C)[C@@H]1c1ccc(O)c(OCC)c1. The number of hydrogen-bond acceptors (Lipinski definition) is 8. The molecule has 1 aromatic rings. The number of benzene rings is 1. The molecular weight excluding hydrogens is 404 g/mol. The summed E-state index contributed by atoms with van der Waals surface area (Å²) in [5.41, 5.74) is -1.44. The summed E-state index contributed by atoms with van der Waals surface area (Å²) in [5, 5.41) is 21.1. The number of carbonyl (C=O) groups excluding carboxylic acids is 3. The quantitative estimate of drug-likeness (QED) is 0.347. The highest BCUT2D eigenvalue weighted by Gasteiger charge is 2.57. The molecule has 0 aromatic heterocycles. The third-order valence-corrected chi connectivity index (χ3v) is 5.13. The van der Waals surface area contributed by atoms with Gasteiger partial charge >= 0.3 is 11.9 Å². The molecule has 0 saturated heterocycles. The lowest BCUT2D eigenvalue weighted by atomic mass is 9.61. The number of aromatic hydroxyl groups is 1. The molecule has 168 valence electrons. The highest BCUT2D eigenvalue weighted by molar-refractivity contribution is 6.02. The van der Waals surface area contributed by atoms with Gasteiger partial charge in [-0.1, -0.05) is 31.4 Å². The Morgan fingerprint density at radius 2 is 1.81 bits per heavy atom. The molecule has 8 nitrogen and oxygen atoms in total. The van der Waals surface area contributed by atoms with Crippen molar-refractivity contribution < 1.29 is 38.8 Å². The molecule has 2 N–H and O–H groups in total. The second-order valence-corrected chi connectivity index (χ2v) is 7.48. The van der Waals surface area contributed by atoms with Crippen molar-refractivity contribution in [1.82, 2.24) is 0 Å². The average molecular weight is 432 g/mol. The highest BCUT2D eigenvalue weighted by Crippen LogP contribution is 2.48. The van der Waals surface area contributed by atoms with E-state index in [1.165, 1.54) is 37.3 Å². The Labute approximate surface area is 181 Å². The topological polar surface area (TPSA) is 119 Å². The third kappa shape index (κ3) is 5.32. The van der Waals surface area contributed by atoms with Gasteiger partial charge in [0, 0.05) is 12.3 Å². The summed E-state index contributed by atoms with van der Waals surface area (Å²) in [6.07, 6.45) is 2.31. The molecule has 0 amide bonds. The molecule has 1 aliphatic rings. The predicted octanol–water partition coefficient (Wildman–Crippen LogP) is 2.29. The molecule has 2 rings (SSSR count). The van der Waals surface area contributed by atoms with Crippen molar-refractivity contribution in [3.63, 3.8) is 0 Å². The minimum atomic E-state index is -1.78. The maximum Gasteiger partial charge on any atom is 0.317 e. The monoisotopic (exact) mass is 432 g/mol. The number of ether oxygens (including phenoxy) is 3. The summed E-state index contributed by atoms with van der Waals surface area (Å²) in [6, 6.07) is 4.25. The summed E-state index contributed by atoms with van der Waals surface area (Å²) in [4.78, 5) is 38.7. The van der Waals surface area contributed by atoms with Crippen LogP contribution in [0.2, 0.25) is 0 Å². The molecule has 0 aliphatic heterocycles. The van der Waals surface area contributed by atoms with E-state index < -0.39 is 47.5 Å². The molecule has 31 heavy (non-hydrogen) atoms. The molecule has 1 aliphatic carbocycles. The molecule has 0 unspecified atom stereocenters. The van der Waals surface area contributed by atoms with Crippen LogP contribution in [-0.2, 0) is 23.9 Å².